The van der Waals surface area contributed by atoms with Crippen molar-refractivity contribution in [2.24, 2.45) is 0 Å². The zero-order chi connectivity index (χ0) is 20.7. The first-order valence-electron chi connectivity index (χ1n) is 10.8. The average molecular weight is 425 g/mol. The highest BCUT2D eigenvalue weighted by Crippen LogP contribution is 2.34. The lowest BCUT2D eigenvalue weighted by Crippen LogP contribution is -2.45. The lowest BCUT2D eigenvalue weighted by molar-refractivity contribution is 0.206. The van der Waals surface area contributed by atoms with Crippen molar-refractivity contribution in [2.75, 3.05) is 45.2 Å². The van der Waals surface area contributed by atoms with Crippen molar-refractivity contribution in [2.45, 2.75) is 31.8 Å². The number of anilines is 1. The number of likely N-dealkylation sites (N-methyl/N-ethyl adjacent to an activating group) is 1. The molecular weight excluding hydrogens is 396 g/mol. The Bertz CT molecular complexity index is 1040. The molecule has 0 aromatic carbocycles. The number of aryl methyl sites for hydroxylation is 1. The van der Waals surface area contributed by atoms with Gasteiger partial charge in [-0.1, -0.05) is 23.7 Å². The Labute approximate surface area is 183 Å². The molecule has 4 heterocycles. The summed E-state index contributed by atoms with van der Waals surface area (Å²) >= 11 is 6.91. The second-order valence-corrected chi connectivity index (χ2v) is 8.95. The molecule has 0 N–H and O–H groups in total. The molecule has 30 heavy (non-hydrogen) atoms. The molecule has 1 fully saturated rings. The van der Waals surface area contributed by atoms with Gasteiger partial charge in [-0.25, -0.2) is 4.98 Å². The van der Waals surface area contributed by atoms with Gasteiger partial charge >= 0.3 is 0 Å². The number of rotatable bonds is 4. The van der Waals surface area contributed by atoms with E-state index >= 15 is 0 Å². The van der Waals surface area contributed by atoms with E-state index in [0.717, 1.165) is 61.3 Å². The number of halogens is 1. The van der Waals surface area contributed by atoms with Crippen molar-refractivity contribution in [1.29, 1.82) is 0 Å². The number of hydrogen-bond donors (Lipinski definition) is 0. The maximum Gasteiger partial charge on any atom is 0.139 e. The highest BCUT2D eigenvalue weighted by atomic mass is 35.5. The van der Waals surface area contributed by atoms with E-state index in [-0.39, 0.29) is 0 Å². The van der Waals surface area contributed by atoms with E-state index < -0.39 is 0 Å². The maximum absolute atomic E-state index is 6.91. The molecule has 0 spiro atoms. The average Bonchev–Trinajstić information content (AvgIpc) is 3.09. The summed E-state index contributed by atoms with van der Waals surface area (Å²) in [4.78, 5) is 16.7. The monoisotopic (exact) mass is 424 g/mol. The van der Waals surface area contributed by atoms with Crippen LogP contribution >= 0.6 is 11.6 Å². The molecule has 1 aliphatic heterocycles. The van der Waals surface area contributed by atoms with Crippen LogP contribution in [0.25, 0.3) is 5.65 Å². The van der Waals surface area contributed by atoms with Crippen LogP contribution in [-0.2, 0) is 13.0 Å². The smallest absolute Gasteiger partial charge is 0.139 e. The van der Waals surface area contributed by atoms with Crippen LogP contribution in [0.3, 0.4) is 0 Å². The Morgan fingerprint density at radius 1 is 1.13 bits per heavy atom. The van der Waals surface area contributed by atoms with Gasteiger partial charge < -0.3 is 9.80 Å². The summed E-state index contributed by atoms with van der Waals surface area (Å²) in [5.41, 5.74) is 4.44. The molecule has 6 nitrogen and oxygen atoms in total. The number of piperazine rings is 1. The zero-order valence-electron chi connectivity index (χ0n) is 17.8. The molecule has 2 aliphatic rings. The van der Waals surface area contributed by atoms with E-state index in [4.69, 9.17) is 21.6 Å². The van der Waals surface area contributed by atoms with Crippen molar-refractivity contribution in [3.63, 3.8) is 0 Å². The standard InChI is InChI=1S/C23H29ClN6/c1-27-12-14-29(15-13-27)21-10-4-9-20-26-18(23(24)30(20)21)16-28(2)19-8-3-6-17-7-5-11-25-22(17)19/h4-5,7,9-11,19H,3,6,8,12-16H2,1-2H3/t19-/m0/s1. The van der Waals surface area contributed by atoms with Gasteiger partial charge in [0.1, 0.15) is 16.6 Å². The van der Waals surface area contributed by atoms with Crippen LogP contribution in [0.15, 0.2) is 36.5 Å². The van der Waals surface area contributed by atoms with Gasteiger partial charge in [0, 0.05) is 38.9 Å². The molecule has 7 heteroatoms. The largest absolute Gasteiger partial charge is 0.355 e. The highest BCUT2D eigenvalue weighted by molar-refractivity contribution is 6.30. The second-order valence-electron chi connectivity index (χ2n) is 8.59. The fourth-order valence-electron chi connectivity index (χ4n) is 4.83. The van der Waals surface area contributed by atoms with Crippen molar-refractivity contribution in [1.82, 2.24) is 24.2 Å². The van der Waals surface area contributed by atoms with Crippen molar-refractivity contribution in [3.8, 4) is 0 Å². The van der Waals surface area contributed by atoms with Gasteiger partial charge in [0.2, 0.25) is 0 Å². The minimum atomic E-state index is 0.313. The molecule has 0 saturated carbocycles. The van der Waals surface area contributed by atoms with Crippen molar-refractivity contribution in [3.05, 3.63) is 58.6 Å². The molecule has 1 atom stereocenters. The fourth-order valence-corrected chi connectivity index (χ4v) is 5.11. The second kappa shape index (κ2) is 8.17. The Hall–Kier alpha value is -2.15. The number of imidazole rings is 1. The Balaban J connectivity index is 1.43. The zero-order valence-corrected chi connectivity index (χ0v) is 18.5. The summed E-state index contributed by atoms with van der Waals surface area (Å²) in [6.45, 7) is 4.84. The first kappa shape index (κ1) is 19.8. The highest BCUT2D eigenvalue weighted by Gasteiger charge is 2.27. The van der Waals surface area contributed by atoms with Gasteiger partial charge in [0.15, 0.2) is 0 Å². The third-order valence-electron chi connectivity index (χ3n) is 6.56. The molecule has 5 rings (SSSR count). The molecular formula is C23H29ClN6. The Morgan fingerprint density at radius 3 is 2.80 bits per heavy atom. The molecule has 158 valence electrons. The van der Waals surface area contributed by atoms with Crippen LogP contribution in [0, 0.1) is 0 Å². The van der Waals surface area contributed by atoms with E-state index in [1.165, 1.54) is 17.7 Å². The maximum atomic E-state index is 6.91. The van der Waals surface area contributed by atoms with E-state index in [2.05, 4.69) is 51.4 Å². The molecule has 3 aromatic heterocycles. The van der Waals surface area contributed by atoms with Crippen molar-refractivity contribution < 1.29 is 0 Å². The van der Waals surface area contributed by atoms with E-state index in [0.29, 0.717) is 12.6 Å². The van der Waals surface area contributed by atoms with Crippen LogP contribution < -0.4 is 4.90 Å². The van der Waals surface area contributed by atoms with Crippen molar-refractivity contribution >= 4 is 23.1 Å². The predicted octanol–water partition coefficient (Wildman–Crippen LogP) is 3.64. The van der Waals surface area contributed by atoms with E-state index in [9.17, 15) is 0 Å². The predicted molar refractivity (Wildman–Crippen MR) is 121 cm³/mol. The Kier molecular flexibility index (Phi) is 5.39. The van der Waals surface area contributed by atoms with E-state index in [1.807, 2.05) is 18.3 Å². The minimum absolute atomic E-state index is 0.313. The van der Waals surface area contributed by atoms with Crippen LogP contribution in [0.4, 0.5) is 5.82 Å². The van der Waals surface area contributed by atoms with Crippen LogP contribution in [0.5, 0.6) is 0 Å². The third-order valence-corrected chi connectivity index (χ3v) is 6.94. The van der Waals surface area contributed by atoms with Gasteiger partial charge in [0.25, 0.3) is 0 Å². The molecule has 1 aliphatic carbocycles. The van der Waals surface area contributed by atoms with Crippen LogP contribution in [-0.4, -0.2) is 64.4 Å². The summed E-state index contributed by atoms with van der Waals surface area (Å²) in [6.07, 6.45) is 5.35. The fraction of sp³-hybridized carbons (Fsp3) is 0.478. The number of aromatic nitrogens is 3. The topological polar surface area (TPSA) is 39.9 Å². The summed E-state index contributed by atoms with van der Waals surface area (Å²) in [5, 5.41) is 0.725. The van der Waals surface area contributed by atoms with Crippen LogP contribution in [0.2, 0.25) is 5.15 Å². The number of nitrogens with zero attached hydrogens (tertiary/aromatic N) is 6. The first-order valence-corrected chi connectivity index (χ1v) is 11.2. The molecule has 1 saturated heterocycles. The first-order chi connectivity index (χ1) is 14.6. The quantitative estimate of drug-likeness (QED) is 0.639. The van der Waals surface area contributed by atoms with Gasteiger partial charge in [-0.2, -0.15) is 0 Å². The SMILES string of the molecule is CN1CCN(c2cccc3nc(CN(C)[C@H]4CCCc5cccnc54)c(Cl)n23)CC1. The summed E-state index contributed by atoms with van der Waals surface area (Å²) in [6, 6.07) is 10.9. The molecule has 0 amide bonds. The molecule has 0 unspecified atom stereocenters. The molecule has 3 aromatic rings. The number of fused-ring (bicyclic) bond motifs is 2. The number of hydrogen-bond acceptors (Lipinski definition) is 5. The van der Waals surface area contributed by atoms with Gasteiger partial charge in [-0.3, -0.25) is 14.3 Å². The lowest BCUT2D eigenvalue weighted by atomic mass is 9.91. The summed E-state index contributed by atoms with van der Waals surface area (Å²) in [5.74, 6) is 1.14. The molecule has 0 bridgehead atoms. The van der Waals surface area contributed by atoms with E-state index in [1.54, 1.807) is 0 Å². The normalized spacial score (nSPS) is 20.1. The van der Waals surface area contributed by atoms with Gasteiger partial charge in [-0.15, -0.1) is 0 Å². The third kappa shape index (κ3) is 3.57. The number of pyridine rings is 2. The Morgan fingerprint density at radius 2 is 1.97 bits per heavy atom. The van der Waals surface area contributed by atoms with Gasteiger partial charge in [0.05, 0.1) is 17.4 Å². The summed E-state index contributed by atoms with van der Waals surface area (Å²) < 4.78 is 2.11. The molecule has 0 radical (unpaired) electrons. The summed E-state index contributed by atoms with van der Waals surface area (Å²) in [7, 11) is 4.34. The van der Waals surface area contributed by atoms with Crippen LogP contribution in [0.1, 0.15) is 35.8 Å². The minimum Gasteiger partial charge on any atom is -0.355 e. The van der Waals surface area contributed by atoms with Gasteiger partial charge in [-0.05, 0) is 57.1 Å². The lowest BCUT2D eigenvalue weighted by Gasteiger charge is -2.34.